The molecule has 1 N–H and O–H groups in total. The van der Waals surface area contributed by atoms with E-state index in [9.17, 15) is 0 Å². The zero-order valence-electron chi connectivity index (χ0n) is 10.5. The minimum Gasteiger partial charge on any atom is -0.360 e. The molecule has 0 saturated heterocycles. The lowest BCUT2D eigenvalue weighted by Crippen LogP contribution is -2.07. The highest BCUT2D eigenvalue weighted by atomic mass is 32.2. The van der Waals surface area contributed by atoms with Gasteiger partial charge in [-0.05, 0) is 23.6 Å². The summed E-state index contributed by atoms with van der Waals surface area (Å²) in [6.45, 7) is 5.28. The van der Waals surface area contributed by atoms with Crippen LogP contribution in [0.25, 0.3) is 0 Å². The summed E-state index contributed by atoms with van der Waals surface area (Å²) in [6.07, 6.45) is 3.62. The summed E-state index contributed by atoms with van der Waals surface area (Å²) in [5, 5.41) is 12.5. The smallest absolute Gasteiger partial charge is 0.206 e. The molecule has 0 aliphatic heterocycles. The zero-order valence-corrected chi connectivity index (χ0v) is 12.1. The van der Waals surface area contributed by atoms with Gasteiger partial charge in [0.1, 0.15) is 0 Å². The molecule has 0 saturated carbocycles. The standard InChI is InChI=1S/C12H16N4S2/c1-9(2)7-14-11-15-16-12(18-11)17-8-10-3-5-13-6-4-10/h3-6,9H,7-8H2,1-2H3,(H,14,15). The normalized spacial score (nSPS) is 10.8. The quantitative estimate of drug-likeness (QED) is 0.823. The fourth-order valence-corrected chi connectivity index (χ4v) is 2.97. The van der Waals surface area contributed by atoms with Gasteiger partial charge < -0.3 is 5.32 Å². The first-order chi connectivity index (χ1) is 8.74. The maximum absolute atomic E-state index is 4.16. The third-order valence-electron chi connectivity index (χ3n) is 2.18. The second-order valence-electron chi connectivity index (χ2n) is 4.29. The van der Waals surface area contributed by atoms with Crippen LogP contribution in [0, 0.1) is 5.92 Å². The molecule has 96 valence electrons. The minimum atomic E-state index is 0.613. The van der Waals surface area contributed by atoms with Crippen molar-refractivity contribution in [1.82, 2.24) is 15.2 Å². The molecule has 2 aromatic heterocycles. The van der Waals surface area contributed by atoms with E-state index in [4.69, 9.17) is 0 Å². The highest BCUT2D eigenvalue weighted by Gasteiger charge is 2.05. The van der Waals surface area contributed by atoms with E-state index in [1.807, 2.05) is 24.5 Å². The number of nitrogens with one attached hydrogen (secondary N) is 1. The highest BCUT2D eigenvalue weighted by Crippen LogP contribution is 2.28. The minimum absolute atomic E-state index is 0.613. The molecule has 0 aliphatic carbocycles. The van der Waals surface area contributed by atoms with Crippen LogP contribution in [0.4, 0.5) is 5.13 Å². The number of aromatic nitrogens is 3. The molecular weight excluding hydrogens is 264 g/mol. The first-order valence-electron chi connectivity index (χ1n) is 5.83. The SMILES string of the molecule is CC(C)CNc1nnc(SCc2ccncc2)s1. The van der Waals surface area contributed by atoms with Crippen LogP contribution in [0.15, 0.2) is 28.9 Å². The molecule has 4 nitrogen and oxygen atoms in total. The molecule has 0 aromatic carbocycles. The maximum Gasteiger partial charge on any atom is 0.206 e. The van der Waals surface area contributed by atoms with Crippen LogP contribution in [0.2, 0.25) is 0 Å². The van der Waals surface area contributed by atoms with E-state index in [0.717, 1.165) is 21.8 Å². The Labute approximate surface area is 115 Å². The van der Waals surface area contributed by atoms with Gasteiger partial charge >= 0.3 is 0 Å². The van der Waals surface area contributed by atoms with E-state index < -0.39 is 0 Å². The van der Waals surface area contributed by atoms with Crippen LogP contribution in [0.5, 0.6) is 0 Å². The highest BCUT2D eigenvalue weighted by molar-refractivity contribution is 8.00. The van der Waals surface area contributed by atoms with Crippen molar-refractivity contribution in [1.29, 1.82) is 0 Å². The molecule has 0 bridgehead atoms. The molecular formula is C12H16N4S2. The summed E-state index contributed by atoms with van der Waals surface area (Å²) < 4.78 is 0.998. The van der Waals surface area contributed by atoms with Gasteiger partial charge in [-0.1, -0.05) is 36.9 Å². The van der Waals surface area contributed by atoms with Crippen LogP contribution in [-0.4, -0.2) is 21.7 Å². The van der Waals surface area contributed by atoms with Crippen LogP contribution < -0.4 is 5.32 Å². The molecule has 18 heavy (non-hydrogen) atoms. The van der Waals surface area contributed by atoms with Gasteiger partial charge in [-0.3, -0.25) is 4.98 Å². The fourth-order valence-electron chi connectivity index (χ4n) is 1.26. The van der Waals surface area contributed by atoms with Crippen LogP contribution >= 0.6 is 23.1 Å². The Balaban J connectivity index is 1.83. The summed E-state index contributed by atoms with van der Waals surface area (Å²) in [5.74, 6) is 1.52. The van der Waals surface area contributed by atoms with Gasteiger partial charge in [0.25, 0.3) is 0 Å². The van der Waals surface area contributed by atoms with Crippen molar-refractivity contribution in [3.8, 4) is 0 Å². The molecule has 6 heteroatoms. The van der Waals surface area contributed by atoms with Crippen molar-refractivity contribution < 1.29 is 0 Å². The molecule has 2 rings (SSSR count). The van der Waals surface area contributed by atoms with Gasteiger partial charge in [-0.15, -0.1) is 10.2 Å². The van der Waals surface area contributed by atoms with Crippen LogP contribution in [0.3, 0.4) is 0 Å². The largest absolute Gasteiger partial charge is 0.360 e. The van der Waals surface area contributed by atoms with Gasteiger partial charge in [-0.2, -0.15) is 0 Å². The van der Waals surface area contributed by atoms with E-state index in [-0.39, 0.29) is 0 Å². The summed E-state index contributed by atoms with van der Waals surface area (Å²) >= 11 is 3.31. The van der Waals surface area contributed by atoms with Gasteiger partial charge in [0.05, 0.1) is 0 Å². The predicted octanol–water partition coefficient (Wildman–Crippen LogP) is 3.29. The lowest BCUT2D eigenvalue weighted by atomic mass is 10.2. The Hall–Kier alpha value is -1.14. The molecule has 0 atom stereocenters. The van der Waals surface area contributed by atoms with Crippen molar-refractivity contribution in [3.05, 3.63) is 30.1 Å². The Morgan fingerprint density at radius 3 is 2.78 bits per heavy atom. The van der Waals surface area contributed by atoms with E-state index in [2.05, 4.69) is 34.3 Å². The fraction of sp³-hybridized carbons (Fsp3) is 0.417. The Morgan fingerprint density at radius 1 is 1.28 bits per heavy atom. The molecule has 0 amide bonds. The van der Waals surface area contributed by atoms with E-state index in [1.165, 1.54) is 5.56 Å². The van der Waals surface area contributed by atoms with Crippen molar-refractivity contribution in [3.63, 3.8) is 0 Å². The molecule has 0 spiro atoms. The lowest BCUT2D eigenvalue weighted by molar-refractivity contribution is 0.687. The van der Waals surface area contributed by atoms with Gasteiger partial charge in [0.15, 0.2) is 4.34 Å². The second-order valence-corrected chi connectivity index (χ2v) is 6.49. The van der Waals surface area contributed by atoms with Gasteiger partial charge in [0.2, 0.25) is 5.13 Å². The summed E-state index contributed by atoms with van der Waals surface area (Å²) in [5.41, 5.74) is 1.25. The van der Waals surface area contributed by atoms with Gasteiger partial charge in [-0.25, -0.2) is 0 Å². The third-order valence-corrected chi connectivity index (χ3v) is 4.27. The lowest BCUT2D eigenvalue weighted by Gasteiger charge is -2.03. The van der Waals surface area contributed by atoms with Crippen LogP contribution in [-0.2, 0) is 5.75 Å². The maximum atomic E-state index is 4.16. The number of hydrogen-bond acceptors (Lipinski definition) is 6. The summed E-state index contributed by atoms with van der Waals surface area (Å²) in [7, 11) is 0. The summed E-state index contributed by atoms with van der Waals surface area (Å²) in [6, 6.07) is 4.04. The first-order valence-corrected chi connectivity index (χ1v) is 7.63. The number of anilines is 1. The van der Waals surface area contributed by atoms with Crippen molar-refractivity contribution in [2.45, 2.75) is 23.9 Å². The predicted molar refractivity (Wildman–Crippen MR) is 77.0 cm³/mol. The van der Waals surface area contributed by atoms with Crippen molar-refractivity contribution in [2.75, 3.05) is 11.9 Å². The average molecular weight is 280 g/mol. The molecule has 0 unspecified atom stereocenters. The molecule has 2 aromatic rings. The van der Waals surface area contributed by atoms with Crippen molar-refractivity contribution >= 4 is 28.2 Å². The number of rotatable bonds is 6. The van der Waals surface area contributed by atoms with E-state index in [1.54, 1.807) is 23.1 Å². The Morgan fingerprint density at radius 2 is 2.06 bits per heavy atom. The number of nitrogens with zero attached hydrogens (tertiary/aromatic N) is 3. The summed E-state index contributed by atoms with van der Waals surface area (Å²) in [4.78, 5) is 4.00. The first kappa shape index (κ1) is 13.3. The molecule has 0 radical (unpaired) electrons. The number of hydrogen-bond donors (Lipinski definition) is 1. The third kappa shape index (κ3) is 4.27. The Kier molecular flexibility index (Phi) is 4.95. The molecule has 0 fully saturated rings. The Bertz CT molecular complexity index is 470. The van der Waals surface area contributed by atoms with Crippen LogP contribution in [0.1, 0.15) is 19.4 Å². The van der Waals surface area contributed by atoms with E-state index in [0.29, 0.717) is 5.92 Å². The monoisotopic (exact) mass is 280 g/mol. The second kappa shape index (κ2) is 6.70. The molecule has 2 heterocycles. The van der Waals surface area contributed by atoms with E-state index >= 15 is 0 Å². The number of pyridine rings is 1. The topological polar surface area (TPSA) is 50.7 Å². The average Bonchev–Trinajstić information content (AvgIpc) is 2.83. The van der Waals surface area contributed by atoms with Crippen molar-refractivity contribution in [2.24, 2.45) is 5.92 Å². The zero-order chi connectivity index (χ0) is 12.8. The van der Waals surface area contributed by atoms with Gasteiger partial charge in [0, 0.05) is 24.7 Å². The molecule has 0 aliphatic rings. The number of thioether (sulfide) groups is 1.